The molecule has 1 aromatic heterocycles. The maximum absolute atomic E-state index is 13.0. The monoisotopic (exact) mass is 456 g/mol. The number of aromatic nitrogens is 2. The summed E-state index contributed by atoms with van der Waals surface area (Å²) in [6, 6.07) is 9.79. The summed E-state index contributed by atoms with van der Waals surface area (Å²) in [5.41, 5.74) is 2.42. The van der Waals surface area contributed by atoms with Crippen molar-refractivity contribution in [3.8, 4) is 0 Å². The molecule has 0 radical (unpaired) electrons. The van der Waals surface area contributed by atoms with Crippen molar-refractivity contribution in [2.24, 2.45) is 0 Å². The number of anilines is 4. The number of rotatable bonds is 4. The van der Waals surface area contributed by atoms with Gasteiger partial charge in [-0.3, -0.25) is 4.79 Å². The molecule has 0 atom stereocenters. The molecule has 33 heavy (non-hydrogen) atoms. The predicted molar refractivity (Wildman–Crippen MR) is 122 cm³/mol. The van der Waals surface area contributed by atoms with Gasteiger partial charge in [-0.05, 0) is 42.8 Å². The summed E-state index contributed by atoms with van der Waals surface area (Å²) < 4.78 is 39.0. The van der Waals surface area contributed by atoms with Crippen LogP contribution in [-0.4, -0.2) is 36.6 Å². The highest BCUT2D eigenvalue weighted by Gasteiger charge is 2.31. The summed E-state index contributed by atoms with van der Waals surface area (Å²) in [6.07, 6.45) is -2.73. The number of carbonyl (C=O) groups excluding carboxylic acids is 1. The molecule has 2 heterocycles. The van der Waals surface area contributed by atoms with Crippen LogP contribution in [0.1, 0.15) is 27.0 Å². The number of hydrogen-bond donors (Lipinski definition) is 2. The average molecular weight is 456 g/mol. The SMILES string of the molecule is CNc1ncc2c(n1)N(C)CN(c1cc(NC(=O)c3cccc(C(F)(F)F)c3)ccc1C)C2. The molecular formula is C23H23F3N6O. The average Bonchev–Trinajstić information content (AvgIpc) is 2.79. The molecule has 3 aromatic rings. The number of hydrogen-bond acceptors (Lipinski definition) is 6. The number of fused-ring (bicyclic) bond motifs is 1. The first kappa shape index (κ1) is 22.4. The third kappa shape index (κ3) is 4.69. The Morgan fingerprint density at radius 2 is 1.94 bits per heavy atom. The van der Waals surface area contributed by atoms with E-state index in [0.29, 0.717) is 24.8 Å². The number of carbonyl (C=O) groups is 1. The highest BCUT2D eigenvalue weighted by Crippen LogP contribution is 2.32. The molecule has 10 heteroatoms. The molecule has 0 saturated carbocycles. The Labute approximate surface area is 189 Å². The minimum atomic E-state index is -4.51. The van der Waals surface area contributed by atoms with Crippen LogP contribution in [0.15, 0.2) is 48.7 Å². The zero-order valence-corrected chi connectivity index (χ0v) is 18.4. The van der Waals surface area contributed by atoms with Gasteiger partial charge in [0.2, 0.25) is 5.95 Å². The Kier molecular flexibility index (Phi) is 5.84. The van der Waals surface area contributed by atoms with Gasteiger partial charge in [0.05, 0.1) is 12.2 Å². The summed E-state index contributed by atoms with van der Waals surface area (Å²) in [4.78, 5) is 25.6. The van der Waals surface area contributed by atoms with Gasteiger partial charge in [-0.1, -0.05) is 12.1 Å². The second-order valence-electron chi connectivity index (χ2n) is 7.86. The van der Waals surface area contributed by atoms with Crippen molar-refractivity contribution < 1.29 is 18.0 Å². The van der Waals surface area contributed by atoms with E-state index in [9.17, 15) is 18.0 Å². The Bertz CT molecular complexity index is 1200. The molecular weight excluding hydrogens is 433 g/mol. The van der Waals surface area contributed by atoms with Crippen LogP contribution in [0.2, 0.25) is 0 Å². The number of alkyl halides is 3. The first-order valence-corrected chi connectivity index (χ1v) is 10.2. The minimum Gasteiger partial charge on any atom is -0.357 e. The number of halogens is 3. The topological polar surface area (TPSA) is 73.4 Å². The van der Waals surface area contributed by atoms with Crippen LogP contribution in [0.5, 0.6) is 0 Å². The molecule has 7 nitrogen and oxygen atoms in total. The van der Waals surface area contributed by atoms with Gasteiger partial charge in [0, 0.05) is 49.3 Å². The Hall–Kier alpha value is -3.82. The molecule has 4 rings (SSSR count). The smallest absolute Gasteiger partial charge is 0.357 e. The first-order chi connectivity index (χ1) is 15.7. The number of benzene rings is 2. The van der Waals surface area contributed by atoms with Crippen molar-refractivity contribution >= 4 is 29.0 Å². The molecule has 0 spiro atoms. The van der Waals surface area contributed by atoms with Crippen molar-refractivity contribution in [3.63, 3.8) is 0 Å². The summed E-state index contributed by atoms with van der Waals surface area (Å²) in [5.74, 6) is 0.784. The molecule has 172 valence electrons. The molecule has 0 aliphatic carbocycles. The van der Waals surface area contributed by atoms with E-state index in [1.165, 1.54) is 12.1 Å². The number of nitrogens with one attached hydrogen (secondary N) is 2. The van der Waals surface area contributed by atoms with E-state index in [1.54, 1.807) is 19.3 Å². The van der Waals surface area contributed by atoms with Crippen molar-refractivity contribution in [3.05, 3.63) is 70.9 Å². The van der Waals surface area contributed by atoms with Gasteiger partial charge in [-0.15, -0.1) is 0 Å². The third-order valence-corrected chi connectivity index (χ3v) is 5.43. The second kappa shape index (κ2) is 8.61. The van der Waals surface area contributed by atoms with Gasteiger partial charge in [-0.25, -0.2) is 4.98 Å². The predicted octanol–water partition coefficient (Wildman–Crippen LogP) is 4.51. The normalized spacial score (nSPS) is 13.5. The van der Waals surface area contributed by atoms with Crippen molar-refractivity contribution in [2.75, 3.05) is 41.2 Å². The van der Waals surface area contributed by atoms with Gasteiger partial charge < -0.3 is 20.4 Å². The van der Waals surface area contributed by atoms with Crippen LogP contribution in [0.3, 0.4) is 0 Å². The van der Waals surface area contributed by atoms with Crippen LogP contribution in [-0.2, 0) is 12.7 Å². The molecule has 1 aliphatic rings. The lowest BCUT2D eigenvalue weighted by atomic mass is 10.1. The number of nitrogens with zero attached hydrogens (tertiary/aromatic N) is 4. The zero-order valence-electron chi connectivity index (χ0n) is 18.4. The van der Waals surface area contributed by atoms with Gasteiger partial charge >= 0.3 is 6.18 Å². The van der Waals surface area contributed by atoms with Crippen molar-refractivity contribution in [1.29, 1.82) is 0 Å². The van der Waals surface area contributed by atoms with Gasteiger partial charge in [0.25, 0.3) is 5.91 Å². The maximum Gasteiger partial charge on any atom is 0.416 e. The highest BCUT2D eigenvalue weighted by molar-refractivity contribution is 6.04. The molecule has 1 amide bonds. The molecule has 0 bridgehead atoms. The van der Waals surface area contributed by atoms with E-state index >= 15 is 0 Å². The van der Waals surface area contributed by atoms with Crippen LogP contribution >= 0.6 is 0 Å². The Balaban J connectivity index is 1.57. The van der Waals surface area contributed by atoms with Crippen molar-refractivity contribution in [2.45, 2.75) is 19.6 Å². The van der Waals surface area contributed by atoms with Gasteiger partial charge in [0.15, 0.2) is 0 Å². The van der Waals surface area contributed by atoms with E-state index in [0.717, 1.165) is 34.8 Å². The second-order valence-corrected chi connectivity index (χ2v) is 7.86. The highest BCUT2D eigenvalue weighted by atomic mass is 19.4. The van der Waals surface area contributed by atoms with E-state index in [2.05, 4.69) is 25.5 Å². The molecule has 0 saturated heterocycles. The van der Waals surface area contributed by atoms with E-state index in [1.807, 2.05) is 31.0 Å². The number of amides is 1. The molecule has 2 aromatic carbocycles. The quantitative estimate of drug-likeness (QED) is 0.602. The van der Waals surface area contributed by atoms with E-state index in [-0.39, 0.29) is 5.56 Å². The third-order valence-electron chi connectivity index (χ3n) is 5.43. The van der Waals surface area contributed by atoms with Crippen LogP contribution < -0.4 is 20.4 Å². The van der Waals surface area contributed by atoms with Crippen LogP contribution in [0.25, 0.3) is 0 Å². The summed E-state index contributed by atoms with van der Waals surface area (Å²) in [6.45, 7) is 3.11. The lowest BCUT2D eigenvalue weighted by Gasteiger charge is -2.37. The van der Waals surface area contributed by atoms with Crippen LogP contribution in [0.4, 0.5) is 36.3 Å². The Morgan fingerprint density at radius 3 is 2.67 bits per heavy atom. The largest absolute Gasteiger partial charge is 0.416 e. The summed E-state index contributed by atoms with van der Waals surface area (Å²) in [5, 5.41) is 5.64. The lowest BCUT2D eigenvalue weighted by Crippen LogP contribution is -2.41. The lowest BCUT2D eigenvalue weighted by molar-refractivity contribution is -0.137. The van der Waals surface area contributed by atoms with Gasteiger partial charge in [-0.2, -0.15) is 18.2 Å². The maximum atomic E-state index is 13.0. The molecule has 0 fully saturated rings. The molecule has 0 unspecified atom stereocenters. The number of aryl methyl sites for hydroxylation is 1. The summed E-state index contributed by atoms with van der Waals surface area (Å²) in [7, 11) is 3.70. The fourth-order valence-corrected chi connectivity index (χ4v) is 3.77. The zero-order chi connectivity index (χ0) is 23.8. The summed E-state index contributed by atoms with van der Waals surface area (Å²) >= 11 is 0. The fourth-order valence-electron chi connectivity index (χ4n) is 3.77. The van der Waals surface area contributed by atoms with E-state index < -0.39 is 17.6 Å². The molecule has 1 aliphatic heterocycles. The fraction of sp³-hybridized carbons (Fsp3) is 0.261. The standard InChI is InChI=1S/C23H23F3N6O/c1-14-7-8-18(29-21(33)15-5-4-6-17(9-15)23(24,25)26)10-19(14)32-12-16-11-28-22(27-2)30-20(16)31(3)13-32/h4-11H,12-13H2,1-3H3,(H,29,33)(H,27,28,30). The molecule has 2 N–H and O–H groups in total. The van der Waals surface area contributed by atoms with Crippen LogP contribution in [0, 0.1) is 6.92 Å². The Morgan fingerprint density at radius 1 is 1.15 bits per heavy atom. The van der Waals surface area contributed by atoms with Gasteiger partial charge in [0.1, 0.15) is 5.82 Å². The first-order valence-electron chi connectivity index (χ1n) is 10.2. The minimum absolute atomic E-state index is 0.0592. The van der Waals surface area contributed by atoms with Crippen molar-refractivity contribution in [1.82, 2.24) is 9.97 Å². The van der Waals surface area contributed by atoms with E-state index in [4.69, 9.17) is 0 Å².